The average molecular weight is 312 g/mol. The van der Waals surface area contributed by atoms with Gasteiger partial charge in [0.2, 0.25) is 11.8 Å². The van der Waals surface area contributed by atoms with E-state index in [0.717, 1.165) is 5.56 Å². The van der Waals surface area contributed by atoms with Crippen LogP contribution >= 0.6 is 0 Å². The van der Waals surface area contributed by atoms with Gasteiger partial charge in [-0.1, -0.05) is 12.1 Å². The molecule has 0 heterocycles. The van der Waals surface area contributed by atoms with Crippen molar-refractivity contribution >= 4 is 23.2 Å². The summed E-state index contributed by atoms with van der Waals surface area (Å²) >= 11 is 0. The summed E-state index contributed by atoms with van der Waals surface area (Å²) in [7, 11) is 1.58. The lowest BCUT2D eigenvalue weighted by Gasteiger charge is -2.21. The van der Waals surface area contributed by atoms with Crippen LogP contribution in [0.1, 0.15) is 12.5 Å². The summed E-state index contributed by atoms with van der Waals surface area (Å²) in [5, 5.41) is 2.77. The number of aryl methyl sites for hydroxylation is 1. The first-order valence-electron chi connectivity index (χ1n) is 7.28. The van der Waals surface area contributed by atoms with Crippen molar-refractivity contribution in [3.8, 4) is 5.75 Å². The Morgan fingerprint density at radius 2 is 1.83 bits per heavy atom. The van der Waals surface area contributed by atoms with Crippen molar-refractivity contribution in [3.05, 3.63) is 54.1 Å². The van der Waals surface area contributed by atoms with E-state index in [1.54, 1.807) is 31.4 Å². The van der Waals surface area contributed by atoms with Gasteiger partial charge in [0, 0.05) is 18.3 Å². The number of hydrogen-bond donors (Lipinski definition) is 1. The summed E-state index contributed by atoms with van der Waals surface area (Å²) < 4.78 is 5.07. The molecule has 120 valence electrons. The maximum Gasteiger partial charge on any atom is 0.244 e. The minimum Gasteiger partial charge on any atom is -0.497 e. The van der Waals surface area contributed by atoms with Crippen molar-refractivity contribution in [1.29, 1.82) is 0 Å². The zero-order valence-corrected chi connectivity index (χ0v) is 13.5. The maximum absolute atomic E-state index is 12.2. The summed E-state index contributed by atoms with van der Waals surface area (Å²) in [6.45, 7) is 3.35. The molecule has 1 N–H and O–H groups in total. The molecule has 5 heteroatoms. The van der Waals surface area contributed by atoms with E-state index in [1.165, 1.54) is 11.8 Å². The molecule has 5 nitrogen and oxygen atoms in total. The molecule has 0 saturated carbocycles. The Bertz CT molecular complexity index is 696. The molecule has 0 atom stereocenters. The Morgan fingerprint density at radius 3 is 2.39 bits per heavy atom. The minimum atomic E-state index is -0.258. The summed E-state index contributed by atoms with van der Waals surface area (Å²) in [5.41, 5.74) is 2.40. The van der Waals surface area contributed by atoms with Gasteiger partial charge < -0.3 is 15.0 Å². The summed E-state index contributed by atoms with van der Waals surface area (Å²) in [6.07, 6.45) is 0. The molecule has 0 bridgehead atoms. The fraction of sp³-hybridized carbons (Fsp3) is 0.222. The lowest BCUT2D eigenvalue weighted by molar-refractivity contribution is -0.120. The van der Waals surface area contributed by atoms with E-state index in [9.17, 15) is 9.59 Å². The van der Waals surface area contributed by atoms with Crippen molar-refractivity contribution in [2.75, 3.05) is 23.9 Å². The molecule has 0 aromatic heterocycles. The van der Waals surface area contributed by atoms with Crippen LogP contribution in [0.4, 0.5) is 11.4 Å². The number of carbonyl (C=O) groups excluding carboxylic acids is 2. The molecule has 2 amide bonds. The maximum atomic E-state index is 12.2. The number of methoxy groups -OCH3 is 1. The van der Waals surface area contributed by atoms with Gasteiger partial charge in [0.25, 0.3) is 0 Å². The van der Waals surface area contributed by atoms with Gasteiger partial charge >= 0.3 is 0 Å². The number of rotatable bonds is 5. The predicted molar refractivity (Wildman–Crippen MR) is 90.8 cm³/mol. The fourth-order valence-electron chi connectivity index (χ4n) is 2.20. The Kier molecular flexibility index (Phi) is 5.36. The van der Waals surface area contributed by atoms with Crippen LogP contribution in [0.25, 0.3) is 0 Å². The highest BCUT2D eigenvalue weighted by atomic mass is 16.5. The van der Waals surface area contributed by atoms with Crippen LogP contribution in [0.3, 0.4) is 0 Å². The molecule has 0 saturated heterocycles. The van der Waals surface area contributed by atoms with Gasteiger partial charge in [0.15, 0.2) is 0 Å². The number of ether oxygens (including phenoxy) is 1. The van der Waals surface area contributed by atoms with Crippen molar-refractivity contribution in [1.82, 2.24) is 0 Å². The molecule has 2 rings (SSSR count). The van der Waals surface area contributed by atoms with Gasteiger partial charge in [-0.3, -0.25) is 9.59 Å². The lowest BCUT2D eigenvalue weighted by Crippen LogP contribution is -2.36. The second-order valence-electron chi connectivity index (χ2n) is 5.22. The van der Waals surface area contributed by atoms with Gasteiger partial charge in [-0.2, -0.15) is 0 Å². The van der Waals surface area contributed by atoms with Crippen molar-refractivity contribution in [2.45, 2.75) is 13.8 Å². The quantitative estimate of drug-likeness (QED) is 0.923. The minimum absolute atomic E-state index is 0.0369. The monoisotopic (exact) mass is 312 g/mol. The first-order chi connectivity index (χ1) is 11.0. The largest absolute Gasteiger partial charge is 0.497 e. The predicted octanol–water partition coefficient (Wildman–Crippen LogP) is 3.00. The Hall–Kier alpha value is -2.82. The number of nitrogens with zero attached hydrogens (tertiary/aromatic N) is 1. The number of nitrogens with one attached hydrogen (secondary N) is 1. The van der Waals surface area contributed by atoms with Crippen molar-refractivity contribution in [2.24, 2.45) is 0 Å². The third-order valence-corrected chi connectivity index (χ3v) is 3.37. The molecule has 0 aliphatic carbocycles. The second kappa shape index (κ2) is 7.45. The van der Waals surface area contributed by atoms with E-state index in [1.807, 2.05) is 31.2 Å². The van der Waals surface area contributed by atoms with Gasteiger partial charge in [-0.15, -0.1) is 0 Å². The first-order valence-corrected chi connectivity index (χ1v) is 7.28. The number of hydrogen-bond acceptors (Lipinski definition) is 3. The van der Waals surface area contributed by atoms with E-state index in [4.69, 9.17) is 4.74 Å². The molecule has 0 radical (unpaired) electrons. The molecule has 2 aromatic rings. The van der Waals surface area contributed by atoms with Crippen LogP contribution < -0.4 is 15.0 Å². The number of benzene rings is 2. The Labute approximate surface area is 135 Å². The zero-order valence-electron chi connectivity index (χ0n) is 13.5. The number of carbonyl (C=O) groups is 2. The smallest absolute Gasteiger partial charge is 0.244 e. The van der Waals surface area contributed by atoms with Crippen LogP contribution in [-0.2, 0) is 9.59 Å². The highest BCUT2D eigenvalue weighted by Gasteiger charge is 2.16. The van der Waals surface area contributed by atoms with Crippen LogP contribution in [0, 0.1) is 6.92 Å². The summed E-state index contributed by atoms with van der Waals surface area (Å²) in [5.74, 6) is 0.278. The van der Waals surface area contributed by atoms with Crippen molar-refractivity contribution < 1.29 is 14.3 Å². The van der Waals surface area contributed by atoms with E-state index < -0.39 is 0 Å². The standard InChI is InChI=1S/C18H20N2O3/c1-13-5-4-6-16(11-13)20(14(2)21)12-18(22)19-15-7-9-17(23-3)10-8-15/h4-11H,12H2,1-3H3,(H,19,22). The molecule has 0 fully saturated rings. The fourth-order valence-corrected chi connectivity index (χ4v) is 2.20. The lowest BCUT2D eigenvalue weighted by atomic mass is 10.2. The zero-order chi connectivity index (χ0) is 16.8. The van der Waals surface area contributed by atoms with Crippen LogP contribution in [0.15, 0.2) is 48.5 Å². The molecular formula is C18H20N2O3. The first kappa shape index (κ1) is 16.5. The van der Waals surface area contributed by atoms with Gasteiger partial charge in [-0.25, -0.2) is 0 Å². The summed E-state index contributed by atoms with van der Waals surface area (Å²) in [6, 6.07) is 14.5. The SMILES string of the molecule is COc1ccc(NC(=O)CN(C(C)=O)c2cccc(C)c2)cc1. The summed E-state index contributed by atoms with van der Waals surface area (Å²) in [4.78, 5) is 25.5. The third-order valence-electron chi connectivity index (χ3n) is 3.37. The molecule has 0 aliphatic heterocycles. The molecule has 0 aliphatic rings. The molecule has 23 heavy (non-hydrogen) atoms. The molecular weight excluding hydrogens is 292 g/mol. The van der Waals surface area contributed by atoms with Crippen LogP contribution in [0.2, 0.25) is 0 Å². The van der Waals surface area contributed by atoms with Crippen LogP contribution in [0.5, 0.6) is 5.75 Å². The molecule has 0 spiro atoms. The van der Waals surface area contributed by atoms with E-state index >= 15 is 0 Å². The molecule has 2 aromatic carbocycles. The number of anilines is 2. The van der Waals surface area contributed by atoms with E-state index in [2.05, 4.69) is 5.32 Å². The van der Waals surface area contributed by atoms with Gasteiger partial charge in [0.1, 0.15) is 12.3 Å². The highest BCUT2D eigenvalue weighted by Crippen LogP contribution is 2.17. The average Bonchev–Trinajstić information content (AvgIpc) is 2.53. The Morgan fingerprint density at radius 1 is 1.13 bits per heavy atom. The van der Waals surface area contributed by atoms with Gasteiger partial charge in [0.05, 0.1) is 7.11 Å². The molecule has 0 unspecified atom stereocenters. The third kappa shape index (κ3) is 4.57. The van der Waals surface area contributed by atoms with Crippen molar-refractivity contribution in [3.63, 3.8) is 0 Å². The highest BCUT2D eigenvalue weighted by molar-refractivity contribution is 6.01. The van der Waals surface area contributed by atoms with E-state index in [0.29, 0.717) is 17.1 Å². The van der Waals surface area contributed by atoms with E-state index in [-0.39, 0.29) is 18.4 Å². The normalized spacial score (nSPS) is 10.0. The van der Waals surface area contributed by atoms with Crippen LogP contribution in [-0.4, -0.2) is 25.5 Å². The topological polar surface area (TPSA) is 58.6 Å². The van der Waals surface area contributed by atoms with Gasteiger partial charge in [-0.05, 0) is 48.9 Å². The number of amides is 2. The second-order valence-corrected chi connectivity index (χ2v) is 5.22. The Balaban J connectivity index is 2.07.